The summed E-state index contributed by atoms with van der Waals surface area (Å²) >= 11 is 3.46. The highest BCUT2D eigenvalue weighted by atomic mass is 79.9. The van der Waals surface area contributed by atoms with Crippen molar-refractivity contribution >= 4 is 27.7 Å². The topological polar surface area (TPSA) is 46.9 Å². The van der Waals surface area contributed by atoms with Gasteiger partial charge in [-0.2, -0.15) is 5.10 Å². The largest absolute Gasteiger partial charge is 0.310 e. The monoisotopic (exact) mass is 439 g/mol. The molecule has 4 nitrogen and oxygen atoms in total. The summed E-state index contributed by atoms with van der Waals surface area (Å²) in [5.41, 5.74) is 5.38. The van der Waals surface area contributed by atoms with Gasteiger partial charge in [-0.3, -0.25) is 9.48 Å². The van der Waals surface area contributed by atoms with Crippen molar-refractivity contribution in [1.29, 1.82) is 0 Å². The van der Waals surface area contributed by atoms with Crippen LogP contribution in [0.3, 0.4) is 0 Å². The number of rotatable bonds is 6. The molecule has 0 aliphatic heterocycles. The molecule has 5 heteroatoms. The van der Waals surface area contributed by atoms with E-state index in [1.807, 2.05) is 38.2 Å². The number of amides is 1. The van der Waals surface area contributed by atoms with Gasteiger partial charge in [0.25, 0.3) is 0 Å². The average molecular weight is 440 g/mol. The minimum atomic E-state index is -0.00528. The molecular weight excluding hydrogens is 414 g/mol. The maximum atomic E-state index is 12.6. The first-order chi connectivity index (χ1) is 13.3. The summed E-state index contributed by atoms with van der Waals surface area (Å²) in [6.07, 6.45) is 1.15. The molecule has 0 atom stereocenters. The molecule has 1 amide bonds. The third-order valence-corrected chi connectivity index (χ3v) is 5.43. The van der Waals surface area contributed by atoms with Gasteiger partial charge < -0.3 is 5.32 Å². The normalized spacial score (nSPS) is 11.1. The molecule has 28 heavy (non-hydrogen) atoms. The molecule has 1 N–H and O–H groups in total. The van der Waals surface area contributed by atoms with Gasteiger partial charge in [-0.25, -0.2) is 0 Å². The van der Waals surface area contributed by atoms with Crippen molar-refractivity contribution in [3.8, 4) is 11.1 Å². The third-order valence-electron chi connectivity index (χ3n) is 4.90. The van der Waals surface area contributed by atoms with E-state index in [4.69, 9.17) is 0 Å². The highest BCUT2D eigenvalue weighted by molar-refractivity contribution is 9.10. The maximum Gasteiger partial charge on any atom is 0.225 e. The highest BCUT2D eigenvalue weighted by Gasteiger charge is 2.17. The van der Waals surface area contributed by atoms with Crippen molar-refractivity contribution in [1.82, 2.24) is 9.78 Å². The number of nitrogens with one attached hydrogen (secondary N) is 1. The number of hydrogen-bond acceptors (Lipinski definition) is 2. The Balaban J connectivity index is 1.71. The molecule has 2 aromatic carbocycles. The summed E-state index contributed by atoms with van der Waals surface area (Å²) in [5.74, 6) is 1.25. The SMILES string of the molecule is Cc1nn(C)c(NC(=O)CCc2ccc(C(C)C)cc2)c1-c1ccc(Br)cc1. The zero-order chi connectivity index (χ0) is 20.3. The number of aromatic nitrogens is 2. The first-order valence-electron chi connectivity index (χ1n) is 9.53. The molecule has 3 aromatic rings. The van der Waals surface area contributed by atoms with Crippen LogP contribution in [0.1, 0.15) is 43.0 Å². The first-order valence-corrected chi connectivity index (χ1v) is 10.3. The van der Waals surface area contributed by atoms with Crippen molar-refractivity contribution < 1.29 is 4.79 Å². The molecule has 0 spiro atoms. The molecule has 1 heterocycles. The fourth-order valence-electron chi connectivity index (χ4n) is 3.29. The third kappa shape index (κ3) is 4.71. The van der Waals surface area contributed by atoms with E-state index in [1.54, 1.807) is 4.68 Å². The first kappa shape index (κ1) is 20.3. The van der Waals surface area contributed by atoms with Gasteiger partial charge in [-0.1, -0.05) is 66.2 Å². The van der Waals surface area contributed by atoms with Gasteiger partial charge in [0, 0.05) is 23.5 Å². The fourth-order valence-corrected chi connectivity index (χ4v) is 3.55. The lowest BCUT2D eigenvalue weighted by molar-refractivity contribution is -0.116. The van der Waals surface area contributed by atoms with E-state index in [-0.39, 0.29) is 5.91 Å². The Morgan fingerprint density at radius 1 is 1.11 bits per heavy atom. The second-order valence-electron chi connectivity index (χ2n) is 7.38. The van der Waals surface area contributed by atoms with E-state index in [0.29, 0.717) is 18.8 Å². The summed E-state index contributed by atoms with van der Waals surface area (Å²) < 4.78 is 2.76. The van der Waals surface area contributed by atoms with Crippen molar-refractivity contribution in [2.75, 3.05) is 5.32 Å². The number of carbonyl (C=O) groups excluding carboxylic acids is 1. The van der Waals surface area contributed by atoms with E-state index in [0.717, 1.165) is 27.1 Å². The fraction of sp³-hybridized carbons (Fsp3) is 0.304. The average Bonchev–Trinajstić information content (AvgIpc) is 2.94. The molecule has 146 valence electrons. The molecule has 1 aromatic heterocycles. The Kier molecular flexibility index (Phi) is 6.35. The Morgan fingerprint density at radius 2 is 1.75 bits per heavy atom. The number of hydrogen-bond donors (Lipinski definition) is 1. The van der Waals surface area contributed by atoms with Crippen LogP contribution >= 0.6 is 15.9 Å². The molecule has 0 bridgehead atoms. The molecule has 0 saturated carbocycles. The molecule has 0 fully saturated rings. The molecular formula is C23H26BrN3O. The van der Waals surface area contributed by atoms with E-state index in [9.17, 15) is 4.79 Å². The quantitative estimate of drug-likeness (QED) is 0.523. The number of aryl methyl sites for hydroxylation is 3. The lowest BCUT2D eigenvalue weighted by atomic mass is 10.0. The van der Waals surface area contributed by atoms with E-state index in [2.05, 4.69) is 64.5 Å². The van der Waals surface area contributed by atoms with Gasteiger partial charge >= 0.3 is 0 Å². The lowest BCUT2D eigenvalue weighted by Gasteiger charge is -2.10. The number of carbonyl (C=O) groups is 1. The van der Waals surface area contributed by atoms with Gasteiger partial charge in [0.15, 0.2) is 0 Å². The van der Waals surface area contributed by atoms with Crippen LogP contribution in [0.4, 0.5) is 5.82 Å². The summed E-state index contributed by atoms with van der Waals surface area (Å²) in [6.45, 7) is 6.33. The van der Waals surface area contributed by atoms with E-state index in [1.165, 1.54) is 11.1 Å². The van der Waals surface area contributed by atoms with Gasteiger partial charge in [0.2, 0.25) is 5.91 Å². The van der Waals surface area contributed by atoms with Crippen LogP contribution in [-0.2, 0) is 18.3 Å². The van der Waals surface area contributed by atoms with Crippen molar-refractivity contribution in [3.05, 3.63) is 69.8 Å². The zero-order valence-corrected chi connectivity index (χ0v) is 18.4. The molecule has 0 aliphatic rings. The summed E-state index contributed by atoms with van der Waals surface area (Å²) in [5, 5.41) is 7.56. The molecule has 0 unspecified atom stereocenters. The number of nitrogens with zero attached hydrogens (tertiary/aromatic N) is 2. The van der Waals surface area contributed by atoms with Crippen LogP contribution in [0.25, 0.3) is 11.1 Å². The van der Waals surface area contributed by atoms with Gasteiger partial charge in [-0.15, -0.1) is 0 Å². The Labute approximate surface area is 175 Å². The van der Waals surface area contributed by atoms with Crippen LogP contribution in [0.5, 0.6) is 0 Å². The Bertz CT molecular complexity index is 957. The highest BCUT2D eigenvalue weighted by Crippen LogP contribution is 2.32. The standard InChI is InChI=1S/C23H26BrN3O/c1-15(2)18-8-5-17(6-9-18)7-14-21(28)25-23-22(16(3)26-27(23)4)19-10-12-20(24)13-11-19/h5-6,8-13,15H,7,14H2,1-4H3,(H,25,28). The minimum absolute atomic E-state index is 0.00528. The second kappa shape index (κ2) is 8.74. The van der Waals surface area contributed by atoms with Crippen molar-refractivity contribution in [3.63, 3.8) is 0 Å². The van der Waals surface area contributed by atoms with Crippen molar-refractivity contribution in [2.45, 2.75) is 39.5 Å². The number of halogens is 1. The smallest absolute Gasteiger partial charge is 0.225 e. The van der Waals surface area contributed by atoms with Crippen LogP contribution < -0.4 is 5.32 Å². The number of anilines is 1. The van der Waals surface area contributed by atoms with Crippen LogP contribution in [0.2, 0.25) is 0 Å². The predicted octanol–water partition coefficient (Wildman–Crippen LogP) is 5.85. The Morgan fingerprint density at radius 3 is 2.36 bits per heavy atom. The maximum absolute atomic E-state index is 12.6. The number of benzene rings is 2. The van der Waals surface area contributed by atoms with Crippen LogP contribution in [-0.4, -0.2) is 15.7 Å². The minimum Gasteiger partial charge on any atom is -0.310 e. The second-order valence-corrected chi connectivity index (χ2v) is 8.30. The summed E-state index contributed by atoms with van der Waals surface area (Å²) in [4.78, 5) is 12.6. The summed E-state index contributed by atoms with van der Waals surface area (Å²) in [6, 6.07) is 16.6. The van der Waals surface area contributed by atoms with Gasteiger partial charge in [0.05, 0.1) is 5.69 Å². The van der Waals surface area contributed by atoms with Crippen molar-refractivity contribution in [2.24, 2.45) is 7.05 Å². The molecule has 0 radical (unpaired) electrons. The van der Waals surface area contributed by atoms with Crippen LogP contribution in [0.15, 0.2) is 53.0 Å². The van der Waals surface area contributed by atoms with E-state index < -0.39 is 0 Å². The molecule has 0 aliphatic carbocycles. The Hall–Kier alpha value is -2.40. The van der Waals surface area contributed by atoms with Gasteiger partial charge in [0.1, 0.15) is 5.82 Å². The lowest BCUT2D eigenvalue weighted by Crippen LogP contribution is -2.15. The van der Waals surface area contributed by atoms with Gasteiger partial charge in [-0.05, 0) is 48.1 Å². The van der Waals surface area contributed by atoms with Crippen LogP contribution in [0, 0.1) is 6.92 Å². The van der Waals surface area contributed by atoms with E-state index >= 15 is 0 Å². The molecule has 0 saturated heterocycles. The zero-order valence-electron chi connectivity index (χ0n) is 16.8. The summed E-state index contributed by atoms with van der Waals surface area (Å²) in [7, 11) is 1.86. The predicted molar refractivity (Wildman–Crippen MR) is 119 cm³/mol. The molecule has 3 rings (SSSR count).